The molecule has 0 saturated carbocycles. The number of rotatable bonds is 6. The Hall–Kier alpha value is -1.31. The van der Waals surface area contributed by atoms with Crippen molar-refractivity contribution < 1.29 is 9.53 Å². The summed E-state index contributed by atoms with van der Waals surface area (Å²) in [4.78, 5) is 15.4. The predicted molar refractivity (Wildman–Crippen MR) is 99.9 cm³/mol. The van der Waals surface area contributed by atoms with Crippen LogP contribution in [0.5, 0.6) is 0 Å². The molecule has 0 amide bonds. The summed E-state index contributed by atoms with van der Waals surface area (Å²) in [6.45, 7) is 2.74. The minimum absolute atomic E-state index is 0. The van der Waals surface area contributed by atoms with Crippen molar-refractivity contribution >= 4 is 41.6 Å². The van der Waals surface area contributed by atoms with E-state index in [4.69, 9.17) is 10.5 Å². The highest BCUT2D eigenvalue weighted by Gasteiger charge is 2.10. The van der Waals surface area contributed by atoms with Gasteiger partial charge in [0.25, 0.3) is 0 Å². The smallest absolute Gasteiger partial charge is 0.305 e. The fourth-order valence-electron chi connectivity index (χ4n) is 2.49. The van der Waals surface area contributed by atoms with E-state index in [2.05, 4.69) is 22.4 Å². The second-order valence-electron chi connectivity index (χ2n) is 5.14. The van der Waals surface area contributed by atoms with E-state index in [0.29, 0.717) is 32.0 Å². The van der Waals surface area contributed by atoms with Crippen molar-refractivity contribution in [2.24, 2.45) is 10.7 Å². The zero-order valence-corrected chi connectivity index (χ0v) is 15.3. The SMILES string of the molecule is CCOC(=O)CCCN=C(N)Nc1ccc2c(c1)CCC2.I. The normalized spacial score (nSPS) is 13.2. The van der Waals surface area contributed by atoms with E-state index < -0.39 is 0 Å². The van der Waals surface area contributed by atoms with Gasteiger partial charge in [0.15, 0.2) is 5.96 Å². The summed E-state index contributed by atoms with van der Waals surface area (Å²) >= 11 is 0. The first-order valence-electron chi connectivity index (χ1n) is 7.53. The summed E-state index contributed by atoms with van der Waals surface area (Å²) in [5.74, 6) is 0.203. The van der Waals surface area contributed by atoms with Crippen LogP contribution in [0.15, 0.2) is 23.2 Å². The highest BCUT2D eigenvalue weighted by molar-refractivity contribution is 14.0. The van der Waals surface area contributed by atoms with Crippen molar-refractivity contribution in [3.63, 3.8) is 0 Å². The number of carbonyl (C=O) groups is 1. The third-order valence-corrected chi connectivity index (χ3v) is 3.50. The molecule has 1 aromatic rings. The van der Waals surface area contributed by atoms with Crippen molar-refractivity contribution in [2.45, 2.75) is 39.0 Å². The predicted octanol–water partition coefficient (Wildman–Crippen LogP) is 2.86. The van der Waals surface area contributed by atoms with E-state index in [9.17, 15) is 4.79 Å². The zero-order valence-electron chi connectivity index (χ0n) is 12.9. The van der Waals surface area contributed by atoms with Crippen LogP contribution in [0.1, 0.15) is 37.3 Å². The molecule has 0 spiro atoms. The molecular weight excluding hydrogens is 393 g/mol. The first-order chi connectivity index (χ1) is 10.2. The minimum Gasteiger partial charge on any atom is -0.466 e. The topological polar surface area (TPSA) is 76.7 Å². The highest BCUT2D eigenvalue weighted by Crippen LogP contribution is 2.24. The maximum absolute atomic E-state index is 11.2. The number of carbonyl (C=O) groups excluding carboxylic acids is 1. The molecule has 1 aliphatic carbocycles. The van der Waals surface area contributed by atoms with E-state index in [1.165, 1.54) is 24.0 Å². The Balaban J connectivity index is 0.00000242. The number of aryl methyl sites for hydroxylation is 2. The maximum Gasteiger partial charge on any atom is 0.305 e. The lowest BCUT2D eigenvalue weighted by Gasteiger charge is -2.08. The maximum atomic E-state index is 11.2. The molecule has 0 fully saturated rings. The number of nitrogens with one attached hydrogen (secondary N) is 1. The largest absolute Gasteiger partial charge is 0.466 e. The molecule has 1 aliphatic rings. The van der Waals surface area contributed by atoms with Gasteiger partial charge >= 0.3 is 5.97 Å². The second kappa shape index (κ2) is 9.66. The summed E-state index contributed by atoms with van der Waals surface area (Å²) in [6.07, 6.45) is 4.57. The lowest BCUT2D eigenvalue weighted by atomic mass is 10.1. The summed E-state index contributed by atoms with van der Waals surface area (Å²) in [5.41, 5.74) is 9.66. The quantitative estimate of drug-likeness (QED) is 0.245. The molecule has 0 aliphatic heterocycles. The van der Waals surface area contributed by atoms with Crippen molar-refractivity contribution in [2.75, 3.05) is 18.5 Å². The molecule has 0 atom stereocenters. The van der Waals surface area contributed by atoms with Crippen LogP contribution in [0.3, 0.4) is 0 Å². The Morgan fingerprint density at radius 2 is 2.14 bits per heavy atom. The van der Waals surface area contributed by atoms with Gasteiger partial charge in [-0.3, -0.25) is 9.79 Å². The number of fused-ring (bicyclic) bond motifs is 1. The molecule has 0 saturated heterocycles. The van der Waals surface area contributed by atoms with Crippen LogP contribution in [-0.4, -0.2) is 25.1 Å². The number of guanidine groups is 1. The van der Waals surface area contributed by atoms with E-state index in [-0.39, 0.29) is 29.9 Å². The first kappa shape index (κ1) is 18.7. The fourth-order valence-corrected chi connectivity index (χ4v) is 2.49. The van der Waals surface area contributed by atoms with Gasteiger partial charge in [0.05, 0.1) is 6.61 Å². The summed E-state index contributed by atoms with van der Waals surface area (Å²) < 4.78 is 4.85. The molecule has 2 rings (SSSR count). The van der Waals surface area contributed by atoms with Crippen molar-refractivity contribution in [3.05, 3.63) is 29.3 Å². The standard InChI is InChI=1S/C16H23N3O2.HI/c1-2-21-15(20)7-4-10-18-16(17)19-14-9-8-12-5-3-6-13(12)11-14;/h8-9,11H,2-7,10H2,1H3,(H3,17,18,19);1H. The van der Waals surface area contributed by atoms with Gasteiger partial charge < -0.3 is 15.8 Å². The first-order valence-corrected chi connectivity index (χ1v) is 7.53. The summed E-state index contributed by atoms with van der Waals surface area (Å²) in [5, 5.41) is 3.10. The van der Waals surface area contributed by atoms with Gasteiger partial charge in [-0.25, -0.2) is 0 Å². The van der Waals surface area contributed by atoms with Gasteiger partial charge in [0.1, 0.15) is 0 Å². The molecule has 0 bridgehead atoms. The minimum atomic E-state index is -0.183. The van der Waals surface area contributed by atoms with Gasteiger partial charge in [-0.1, -0.05) is 6.07 Å². The summed E-state index contributed by atoms with van der Waals surface area (Å²) in [7, 11) is 0. The molecule has 5 nitrogen and oxygen atoms in total. The lowest BCUT2D eigenvalue weighted by Crippen LogP contribution is -2.23. The Morgan fingerprint density at radius 1 is 1.36 bits per heavy atom. The molecule has 6 heteroatoms. The third kappa shape index (κ3) is 5.82. The molecule has 0 radical (unpaired) electrons. The number of nitrogens with two attached hydrogens (primary N) is 1. The number of ether oxygens (including phenoxy) is 1. The third-order valence-electron chi connectivity index (χ3n) is 3.50. The van der Waals surface area contributed by atoms with Crippen LogP contribution in [0.25, 0.3) is 0 Å². The van der Waals surface area contributed by atoms with Crippen LogP contribution >= 0.6 is 24.0 Å². The second-order valence-corrected chi connectivity index (χ2v) is 5.14. The monoisotopic (exact) mass is 417 g/mol. The van der Waals surface area contributed by atoms with Gasteiger partial charge in [-0.15, -0.1) is 24.0 Å². The number of benzene rings is 1. The number of nitrogens with zero attached hydrogens (tertiary/aromatic N) is 1. The molecular formula is C16H24IN3O2. The highest BCUT2D eigenvalue weighted by atomic mass is 127. The molecule has 22 heavy (non-hydrogen) atoms. The average Bonchev–Trinajstić information content (AvgIpc) is 2.91. The van der Waals surface area contributed by atoms with Crippen LogP contribution in [0.4, 0.5) is 5.69 Å². The van der Waals surface area contributed by atoms with E-state index in [1.807, 2.05) is 6.07 Å². The van der Waals surface area contributed by atoms with Crippen LogP contribution < -0.4 is 11.1 Å². The van der Waals surface area contributed by atoms with E-state index in [1.54, 1.807) is 6.92 Å². The van der Waals surface area contributed by atoms with E-state index >= 15 is 0 Å². The number of halogens is 1. The molecule has 1 aromatic carbocycles. The van der Waals surface area contributed by atoms with Crippen LogP contribution in [-0.2, 0) is 22.4 Å². The van der Waals surface area contributed by atoms with Crippen molar-refractivity contribution in [3.8, 4) is 0 Å². The number of hydrogen-bond donors (Lipinski definition) is 2. The zero-order chi connectivity index (χ0) is 15.1. The lowest BCUT2D eigenvalue weighted by molar-refractivity contribution is -0.143. The van der Waals surface area contributed by atoms with Crippen molar-refractivity contribution in [1.29, 1.82) is 0 Å². The summed E-state index contributed by atoms with van der Waals surface area (Å²) in [6, 6.07) is 6.33. The van der Waals surface area contributed by atoms with Crippen LogP contribution in [0.2, 0.25) is 0 Å². The Morgan fingerprint density at radius 3 is 2.91 bits per heavy atom. The molecule has 0 aromatic heterocycles. The number of esters is 1. The molecule has 122 valence electrons. The fraction of sp³-hybridized carbons (Fsp3) is 0.500. The number of aliphatic imine (C=N–C) groups is 1. The van der Waals surface area contributed by atoms with Gasteiger partial charge in [0, 0.05) is 18.7 Å². The Kier molecular flexibility index (Phi) is 8.22. The van der Waals surface area contributed by atoms with Gasteiger partial charge in [-0.05, 0) is 55.9 Å². The van der Waals surface area contributed by atoms with Crippen molar-refractivity contribution in [1.82, 2.24) is 0 Å². The average molecular weight is 417 g/mol. The van der Waals surface area contributed by atoms with E-state index in [0.717, 1.165) is 12.1 Å². The number of hydrogen-bond acceptors (Lipinski definition) is 3. The van der Waals surface area contributed by atoms with Gasteiger partial charge in [0.2, 0.25) is 0 Å². The Labute approximate surface area is 148 Å². The van der Waals surface area contributed by atoms with Gasteiger partial charge in [-0.2, -0.15) is 0 Å². The molecule has 0 unspecified atom stereocenters. The molecule has 3 N–H and O–H groups in total. The molecule has 0 heterocycles. The van der Waals surface area contributed by atoms with Crippen LogP contribution in [0, 0.1) is 0 Å². The number of anilines is 1. The Bertz CT molecular complexity index is 532.